The molecule has 3 N–H and O–H groups in total. The molecule has 0 aliphatic heterocycles. The summed E-state index contributed by atoms with van der Waals surface area (Å²) >= 11 is 0. The van der Waals surface area contributed by atoms with Gasteiger partial charge in [-0.2, -0.15) is 0 Å². The number of rotatable bonds is 4. The van der Waals surface area contributed by atoms with Crippen LogP contribution in [0, 0.1) is 13.8 Å². The fraction of sp³-hybridized carbons (Fsp3) is 0.111. The van der Waals surface area contributed by atoms with Gasteiger partial charge in [-0.25, -0.2) is 13.6 Å². The van der Waals surface area contributed by atoms with Gasteiger partial charge in [0.25, 0.3) is 5.91 Å². The second-order valence-corrected chi connectivity index (χ2v) is 7.48. The molecule has 134 valence electrons. The van der Waals surface area contributed by atoms with Gasteiger partial charge in [-0.1, -0.05) is 22.9 Å². The van der Waals surface area contributed by atoms with E-state index in [9.17, 15) is 13.2 Å². The van der Waals surface area contributed by atoms with E-state index >= 15 is 0 Å². The number of aromatic nitrogens is 1. The van der Waals surface area contributed by atoms with Gasteiger partial charge in [-0.05, 0) is 49.7 Å². The lowest BCUT2D eigenvalue weighted by Gasteiger charge is -2.04. The Kier molecular flexibility index (Phi) is 4.62. The van der Waals surface area contributed by atoms with Gasteiger partial charge in [0.1, 0.15) is 0 Å². The number of carbonyl (C=O) groups excluding carboxylic acids is 1. The standard InChI is InChI=1S/C18H17N3O4S/c1-11-3-4-12(2)15(9-11)17-10-16(21-25-17)18(22)20-13-5-7-14(8-6-13)26(19,23)24/h3-10H,1-2H3,(H,20,22)(H2,19,23,24). The number of aryl methyl sites for hydroxylation is 2. The number of hydrogen-bond donors (Lipinski definition) is 2. The monoisotopic (exact) mass is 371 g/mol. The number of primary sulfonamides is 1. The fourth-order valence-electron chi connectivity index (χ4n) is 2.43. The Labute approximate surface area is 150 Å². The van der Waals surface area contributed by atoms with Gasteiger partial charge < -0.3 is 9.84 Å². The Hall–Kier alpha value is -2.97. The Morgan fingerprint density at radius 2 is 1.77 bits per heavy atom. The summed E-state index contributed by atoms with van der Waals surface area (Å²) in [4.78, 5) is 12.3. The van der Waals surface area contributed by atoms with E-state index < -0.39 is 15.9 Å². The summed E-state index contributed by atoms with van der Waals surface area (Å²) in [5.41, 5.74) is 3.49. The van der Waals surface area contributed by atoms with Crippen molar-refractivity contribution in [2.75, 3.05) is 5.32 Å². The molecule has 0 bridgehead atoms. The lowest BCUT2D eigenvalue weighted by molar-refractivity contribution is 0.101. The van der Waals surface area contributed by atoms with E-state index in [1.807, 2.05) is 32.0 Å². The second kappa shape index (κ2) is 6.74. The Balaban J connectivity index is 1.79. The average molecular weight is 371 g/mol. The zero-order chi connectivity index (χ0) is 18.9. The first-order chi connectivity index (χ1) is 12.2. The molecular formula is C18H17N3O4S. The smallest absolute Gasteiger partial charge is 0.277 e. The van der Waals surface area contributed by atoms with Crippen LogP contribution in [0.1, 0.15) is 21.6 Å². The van der Waals surface area contributed by atoms with Gasteiger partial charge in [0.2, 0.25) is 10.0 Å². The molecule has 0 radical (unpaired) electrons. The van der Waals surface area contributed by atoms with E-state index in [-0.39, 0.29) is 10.6 Å². The summed E-state index contributed by atoms with van der Waals surface area (Å²) in [6, 6.07) is 13.0. The van der Waals surface area contributed by atoms with Crippen LogP contribution in [0.3, 0.4) is 0 Å². The van der Waals surface area contributed by atoms with Gasteiger partial charge in [-0.3, -0.25) is 4.79 Å². The lowest BCUT2D eigenvalue weighted by Crippen LogP contribution is -2.14. The third kappa shape index (κ3) is 3.81. The highest BCUT2D eigenvalue weighted by Gasteiger charge is 2.16. The third-order valence-corrected chi connectivity index (χ3v) is 4.77. The molecule has 0 atom stereocenters. The molecule has 7 nitrogen and oxygen atoms in total. The van der Waals surface area contributed by atoms with Crippen LogP contribution in [0.25, 0.3) is 11.3 Å². The van der Waals surface area contributed by atoms with Crippen LogP contribution in [-0.4, -0.2) is 19.5 Å². The predicted molar refractivity (Wildman–Crippen MR) is 97.2 cm³/mol. The topological polar surface area (TPSA) is 115 Å². The Morgan fingerprint density at radius 3 is 2.42 bits per heavy atom. The minimum Gasteiger partial charge on any atom is -0.355 e. The van der Waals surface area contributed by atoms with Crippen molar-refractivity contribution in [3.05, 3.63) is 65.4 Å². The fourth-order valence-corrected chi connectivity index (χ4v) is 2.95. The summed E-state index contributed by atoms with van der Waals surface area (Å²) in [5, 5.41) is 11.5. The molecule has 26 heavy (non-hydrogen) atoms. The van der Waals surface area contributed by atoms with Crippen molar-refractivity contribution < 1.29 is 17.7 Å². The van der Waals surface area contributed by atoms with E-state index in [1.54, 1.807) is 6.07 Å². The zero-order valence-electron chi connectivity index (χ0n) is 14.2. The SMILES string of the molecule is Cc1ccc(C)c(-c2cc(C(=O)Nc3ccc(S(N)(=O)=O)cc3)no2)c1. The highest BCUT2D eigenvalue weighted by atomic mass is 32.2. The van der Waals surface area contributed by atoms with Crippen LogP contribution in [0.5, 0.6) is 0 Å². The first kappa shape index (κ1) is 17.8. The zero-order valence-corrected chi connectivity index (χ0v) is 15.0. The first-order valence-corrected chi connectivity index (χ1v) is 9.27. The maximum atomic E-state index is 12.3. The molecule has 0 fully saturated rings. The van der Waals surface area contributed by atoms with Crippen LogP contribution in [0.2, 0.25) is 0 Å². The molecule has 0 aliphatic rings. The largest absolute Gasteiger partial charge is 0.355 e. The molecule has 1 amide bonds. The Bertz CT molecular complexity index is 1070. The molecule has 1 aromatic heterocycles. The van der Waals surface area contributed by atoms with Crippen LogP contribution >= 0.6 is 0 Å². The van der Waals surface area contributed by atoms with Crippen molar-refractivity contribution in [1.29, 1.82) is 0 Å². The number of sulfonamides is 1. The number of benzene rings is 2. The summed E-state index contributed by atoms with van der Waals surface area (Å²) in [7, 11) is -3.78. The van der Waals surface area contributed by atoms with Gasteiger partial charge in [0.15, 0.2) is 11.5 Å². The third-order valence-electron chi connectivity index (χ3n) is 3.84. The van der Waals surface area contributed by atoms with Crippen LogP contribution in [0.4, 0.5) is 5.69 Å². The number of nitrogens with two attached hydrogens (primary N) is 1. The van der Waals surface area contributed by atoms with Gasteiger partial charge in [0, 0.05) is 17.3 Å². The van der Waals surface area contributed by atoms with Crippen molar-refractivity contribution in [2.45, 2.75) is 18.7 Å². The van der Waals surface area contributed by atoms with Gasteiger partial charge in [0.05, 0.1) is 4.90 Å². The number of nitrogens with one attached hydrogen (secondary N) is 1. The molecule has 0 aliphatic carbocycles. The molecule has 0 saturated heterocycles. The van der Waals surface area contributed by atoms with E-state index in [2.05, 4.69) is 10.5 Å². The van der Waals surface area contributed by atoms with Crippen LogP contribution in [-0.2, 0) is 10.0 Å². The molecule has 3 rings (SSSR count). The minimum atomic E-state index is -3.78. The van der Waals surface area contributed by atoms with E-state index in [0.29, 0.717) is 11.4 Å². The lowest BCUT2D eigenvalue weighted by atomic mass is 10.0. The van der Waals surface area contributed by atoms with Crippen molar-refractivity contribution in [3.8, 4) is 11.3 Å². The van der Waals surface area contributed by atoms with Gasteiger partial charge in [-0.15, -0.1) is 0 Å². The molecular weight excluding hydrogens is 354 g/mol. The summed E-state index contributed by atoms with van der Waals surface area (Å²) in [6.45, 7) is 3.92. The second-order valence-electron chi connectivity index (χ2n) is 5.92. The van der Waals surface area contributed by atoms with Crippen molar-refractivity contribution in [2.24, 2.45) is 5.14 Å². The maximum absolute atomic E-state index is 12.3. The Morgan fingerprint density at radius 1 is 1.08 bits per heavy atom. The molecule has 1 heterocycles. The minimum absolute atomic E-state index is 0.0332. The van der Waals surface area contributed by atoms with Crippen LogP contribution in [0.15, 0.2) is 57.9 Å². The van der Waals surface area contributed by atoms with Crippen molar-refractivity contribution in [3.63, 3.8) is 0 Å². The van der Waals surface area contributed by atoms with Crippen LogP contribution < -0.4 is 10.5 Å². The average Bonchev–Trinajstić information content (AvgIpc) is 3.07. The summed E-state index contributed by atoms with van der Waals surface area (Å²) in [6.07, 6.45) is 0. The van der Waals surface area contributed by atoms with E-state index in [1.165, 1.54) is 24.3 Å². The normalized spacial score (nSPS) is 11.3. The maximum Gasteiger partial charge on any atom is 0.277 e. The molecule has 2 aromatic carbocycles. The molecule has 0 unspecified atom stereocenters. The number of nitrogens with zero attached hydrogens (tertiary/aromatic N) is 1. The summed E-state index contributed by atoms with van der Waals surface area (Å²) < 4.78 is 27.8. The molecule has 3 aromatic rings. The van der Waals surface area contributed by atoms with Crippen molar-refractivity contribution >= 4 is 21.6 Å². The summed E-state index contributed by atoms with van der Waals surface area (Å²) in [5.74, 6) is 0.0367. The number of hydrogen-bond acceptors (Lipinski definition) is 5. The van der Waals surface area contributed by atoms with E-state index in [4.69, 9.17) is 9.66 Å². The van der Waals surface area contributed by atoms with E-state index in [0.717, 1.165) is 16.7 Å². The quantitative estimate of drug-likeness (QED) is 0.732. The number of carbonyl (C=O) groups is 1. The molecule has 0 spiro atoms. The first-order valence-electron chi connectivity index (χ1n) is 7.72. The molecule has 8 heteroatoms. The molecule has 0 saturated carbocycles. The van der Waals surface area contributed by atoms with Gasteiger partial charge >= 0.3 is 0 Å². The predicted octanol–water partition coefficient (Wildman–Crippen LogP) is 2.86. The number of anilines is 1. The van der Waals surface area contributed by atoms with Crippen molar-refractivity contribution in [1.82, 2.24) is 5.16 Å². The highest BCUT2D eigenvalue weighted by molar-refractivity contribution is 7.89. The highest BCUT2D eigenvalue weighted by Crippen LogP contribution is 2.25. The number of amides is 1.